The number of alkyl halides is 2. The number of carbonyl (C=O) groups excluding carboxylic acids is 4. The summed E-state index contributed by atoms with van der Waals surface area (Å²) in [6.07, 6.45) is 0.870. The molecule has 4 aliphatic rings. The monoisotopic (exact) mass is 740 g/mol. The molecule has 2 aliphatic heterocycles. The number of phenols is 1. The fourth-order valence-corrected chi connectivity index (χ4v) is 8.72. The topological polar surface area (TPSA) is 104 Å². The number of hydrogen-bond acceptors (Lipinski definition) is 6. The van der Waals surface area contributed by atoms with E-state index in [1.54, 1.807) is 6.08 Å². The van der Waals surface area contributed by atoms with Gasteiger partial charge in [0.2, 0.25) is 17.6 Å². The zero-order valence-corrected chi connectivity index (χ0v) is 27.0. The van der Waals surface area contributed by atoms with E-state index in [9.17, 15) is 37.5 Å². The van der Waals surface area contributed by atoms with Crippen molar-refractivity contribution >= 4 is 69.8 Å². The molecule has 2 saturated heterocycles. The Kier molecular flexibility index (Phi) is 7.58. The van der Waals surface area contributed by atoms with Crippen molar-refractivity contribution in [3.63, 3.8) is 0 Å². The number of anilines is 2. The van der Waals surface area contributed by atoms with E-state index in [1.807, 2.05) is 0 Å². The standard InChI is InChI=1S/C33H20Cl3F5N2O6/c1-49-19-10-12(2-9-18(19)44)21-15-7-8-16-20(29(46)42(28(16)45)14-5-3-13(34)4-6-14)17(15)11-32(35)30(47)43(31(48)33(21,32)36)27-25(40)23(38)22(37)24(39)26(27)41/h2-7,9-10,16-17,20-21,44H,8,11H2,1H3/t16-,17+,20-,21-,32+,33-/m0/s1. The van der Waals surface area contributed by atoms with E-state index in [4.69, 9.17) is 39.5 Å². The lowest BCUT2D eigenvalue weighted by Crippen LogP contribution is -2.60. The Morgan fingerprint density at radius 3 is 2.04 bits per heavy atom. The van der Waals surface area contributed by atoms with Crippen LogP contribution >= 0.6 is 34.8 Å². The van der Waals surface area contributed by atoms with E-state index >= 15 is 8.78 Å². The number of ether oxygens (including phenoxy) is 1. The first kappa shape index (κ1) is 33.3. The molecule has 49 heavy (non-hydrogen) atoms. The van der Waals surface area contributed by atoms with Crippen molar-refractivity contribution in [2.24, 2.45) is 17.8 Å². The van der Waals surface area contributed by atoms with E-state index in [0.29, 0.717) is 5.02 Å². The maximum atomic E-state index is 15.2. The SMILES string of the molecule is COc1cc([C@H]2C3=CC[C@@H]4C(=O)N(c5ccc(Cl)cc5)C(=O)[C@@H]4[C@@H]3C[C@@]3(Cl)C(=O)N(c4c(F)c(F)c(F)c(F)c4F)C(=O)[C@@]23Cl)ccc1O. The first-order chi connectivity index (χ1) is 23.1. The van der Waals surface area contributed by atoms with Crippen LogP contribution in [0.15, 0.2) is 54.1 Å². The van der Waals surface area contributed by atoms with Gasteiger partial charge in [0.1, 0.15) is 5.69 Å². The lowest BCUT2D eigenvalue weighted by Gasteiger charge is -2.50. The van der Waals surface area contributed by atoms with Crippen LogP contribution in [0.5, 0.6) is 11.5 Å². The number of phenolic OH excluding ortho intramolecular Hbond substituents is 1. The summed E-state index contributed by atoms with van der Waals surface area (Å²) in [5.74, 6) is -22.0. The summed E-state index contributed by atoms with van der Waals surface area (Å²) >= 11 is 20.2. The minimum Gasteiger partial charge on any atom is -0.504 e. The van der Waals surface area contributed by atoms with Crippen molar-refractivity contribution in [1.29, 1.82) is 0 Å². The van der Waals surface area contributed by atoms with Gasteiger partial charge < -0.3 is 9.84 Å². The van der Waals surface area contributed by atoms with Gasteiger partial charge in [-0.15, -0.1) is 23.2 Å². The largest absolute Gasteiger partial charge is 0.504 e. The molecular formula is C33H20Cl3F5N2O6. The third kappa shape index (κ3) is 4.27. The highest BCUT2D eigenvalue weighted by atomic mass is 35.5. The zero-order valence-electron chi connectivity index (χ0n) is 24.7. The Bertz CT molecular complexity index is 2040. The second kappa shape index (κ2) is 11.2. The second-order valence-corrected chi connectivity index (χ2v) is 13.8. The number of allylic oxidation sites excluding steroid dienone is 2. The summed E-state index contributed by atoms with van der Waals surface area (Å²) in [5.41, 5.74) is -1.34. The number of amides is 4. The van der Waals surface area contributed by atoms with Gasteiger partial charge in [0.05, 0.1) is 24.6 Å². The number of aromatic hydroxyl groups is 1. The number of carbonyl (C=O) groups is 4. The molecule has 0 radical (unpaired) electrons. The molecule has 3 aromatic rings. The number of methoxy groups -OCH3 is 1. The number of rotatable bonds is 4. The average molecular weight is 742 g/mol. The van der Waals surface area contributed by atoms with Crippen LogP contribution in [0, 0.1) is 46.8 Å². The minimum absolute atomic E-state index is 0.0391. The molecule has 3 aromatic carbocycles. The van der Waals surface area contributed by atoms with Crippen molar-refractivity contribution in [1.82, 2.24) is 0 Å². The predicted molar refractivity (Wildman–Crippen MR) is 165 cm³/mol. The van der Waals surface area contributed by atoms with Crippen LogP contribution in [-0.2, 0) is 19.2 Å². The molecule has 1 saturated carbocycles. The maximum absolute atomic E-state index is 15.2. The Morgan fingerprint density at radius 2 is 1.43 bits per heavy atom. The molecular weight excluding hydrogens is 722 g/mol. The molecule has 0 bridgehead atoms. The molecule has 7 rings (SSSR count). The van der Waals surface area contributed by atoms with Crippen molar-refractivity contribution in [2.45, 2.75) is 28.5 Å². The summed E-state index contributed by atoms with van der Waals surface area (Å²) in [5, 5.41) is 10.7. The van der Waals surface area contributed by atoms with Gasteiger partial charge in [0.25, 0.3) is 11.8 Å². The highest BCUT2D eigenvalue weighted by molar-refractivity contribution is 6.58. The number of halogens is 8. The van der Waals surface area contributed by atoms with E-state index < -0.39 is 98.2 Å². The van der Waals surface area contributed by atoms with Crippen LogP contribution in [-0.4, -0.2) is 45.6 Å². The van der Waals surface area contributed by atoms with Crippen molar-refractivity contribution in [3.8, 4) is 11.5 Å². The molecule has 16 heteroatoms. The Hall–Kier alpha value is -4.20. The molecule has 0 aromatic heterocycles. The van der Waals surface area contributed by atoms with Crippen molar-refractivity contribution < 1.29 is 51.0 Å². The average Bonchev–Trinajstić information content (AvgIpc) is 3.42. The Balaban J connectivity index is 1.44. The van der Waals surface area contributed by atoms with E-state index in [1.165, 1.54) is 49.6 Å². The minimum atomic E-state index is -2.70. The summed E-state index contributed by atoms with van der Waals surface area (Å²) in [6, 6.07) is 9.62. The number of fused-ring (bicyclic) bond motifs is 4. The van der Waals surface area contributed by atoms with Crippen molar-refractivity contribution in [2.75, 3.05) is 16.9 Å². The third-order valence-electron chi connectivity index (χ3n) is 9.84. The quantitative estimate of drug-likeness (QED) is 0.0817. The lowest BCUT2D eigenvalue weighted by atomic mass is 9.56. The highest BCUT2D eigenvalue weighted by Crippen LogP contribution is 2.66. The van der Waals surface area contributed by atoms with Crippen molar-refractivity contribution in [3.05, 3.63) is 93.8 Å². The van der Waals surface area contributed by atoms with Gasteiger partial charge in [-0.05, 0) is 60.7 Å². The molecule has 0 unspecified atom stereocenters. The normalized spacial score (nSPS) is 29.2. The number of hydrogen-bond donors (Lipinski definition) is 1. The van der Waals surface area contributed by atoms with Gasteiger partial charge in [-0.2, -0.15) is 0 Å². The fraction of sp³-hybridized carbons (Fsp3) is 0.273. The second-order valence-electron chi connectivity index (χ2n) is 12.1. The van der Waals surface area contributed by atoms with Crippen LogP contribution in [0.1, 0.15) is 24.3 Å². The molecule has 2 aliphatic carbocycles. The van der Waals surface area contributed by atoms with Gasteiger partial charge in [-0.3, -0.25) is 24.1 Å². The summed E-state index contributed by atoms with van der Waals surface area (Å²) < 4.78 is 78.4. The first-order valence-corrected chi connectivity index (χ1v) is 15.7. The summed E-state index contributed by atoms with van der Waals surface area (Å²) in [7, 11) is 1.22. The van der Waals surface area contributed by atoms with Crippen LogP contribution in [0.3, 0.4) is 0 Å². The van der Waals surface area contributed by atoms with Crippen LogP contribution in [0.2, 0.25) is 5.02 Å². The van der Waals surface area contributed by atoms with Crippen LogP contribution < -0.4 is 14.5 Å². The van der Waals surface area contributed by atoms with E-state index in [0.717, 1.165) is 4.90 Å². The molecule has 254 valence electrons. The number of imide groups is 2. The highest BCUT2D eigenvalue weighted by Gasteiger charge is 2.77. The number of nitrogens with zero attached hydrogens (tertiary/aromatic N) is 2. The maximum Gasteiger partial charge on any atom is 0.258 e. The van der Waals surface area contributed by atoms with E-state index in [-0.39, 0.29) is 39.6 Å². The molecule has 6 atom stereocenters. The van der Waals surface area contributed by atoms with Gasteiger partial charge in [-0.1, -0.05) is 29.3 Å². The lowest BCUT2D eigenvalue weighted by molar-refractivity contribution is -0.125. The Labute approximate surface area is 288 Å². The van der Waals surface area contributed by atoms with Gasteiger partial charge in [-0.25, -0.2) is 26.9 Å². The summed E-state index contributed by atoms with van der Waals surface area (Å²) in [4.78, 5) is 51.7. The van der Waals surface area contributed by atoms with E-state index in [2.05, 4.69) is 0 Å². The number of benzene rings is 3. The molecule has 4 amide bonds. The molecule has 8 nitrogen and oxygen atoms in total. The fourth-order valence-electron chi connectivity index (χ4n) is 7.66. The van der Waals surface area contributed by atoms with Crippen LogP contribution in [0.25, 0.3) is 0 Å². The van der Waals surface area contributed by atoms with Gasteiger partial charge >= 0.3 is 0 Å². The third-order valence-corrected chi connectivity index (χ3v) is 11.5. The van der Waals surface area contributed by atoms with Gasteiger partial charge in [0, 0.05) is 10.9 Å². The molecule has 1 N–H and O–H groups in total. The first-order valence-electron chi connectivity index (χ1n) is 14.6. The van der Waals surface area contributed by atoms with Crippen LogP contribution in [0.4, 0.5) is 33.3 Å². The molecule has 2 heterocycles. The molecule has 0 spiro atoms. The Morgan fingerprint density at radius 1 is 0.816 bits per heavy atom. The predicted octanol–water partition coefficient (Wildman–Crippen LogP) is 6.52. The van der Waals surface area contributed by atoms with Gasteiger partial charge in [0.15, 0.2) is 44.5 Å². The summed E-state index contributed by atoms with van der Waals surface area (Å²) in [6.45, 7) is 0. The zero-order chi connectivity index (χ0) is 35.5. The smallest absolute Gasteiger partial charge is 0.258 e. The molecule has 3 fully saturated rings.